The van der Waals surface area contributed by atoms with Crippen molar-refractivity contribution in [2.45, 2.75) is 11.1 Å². The number of pyridine rings is 1. The van der Waals surface area contributed by atoms with E-state index in [4.69, 9.17) is 0 Å². The van der Waals surface area contributed by atoms with E-state index in [0.29, 0.717) is 10.7 Å². The number of nitrogens with one attached hydrogen (secondary N) is 1. The number of hydrogen-bond acceptors (Lipinski definition) is 3. The SMILES string of the molecule is O=S(=O)(Nc1ccc(Br)nc1)c1cccc(C(F)(F)F)c1. The zero-order valence-electron chi connectivity index (χ0n) is 10.2. The average Bonchev–Trinajstić information content (AvgIpc) is 2.40. The number of aromatic nitrogens is 1. The van der Waals surface area contributed by atoms with Gasteiger partial charge < -0.3 is 0 Å². The van der Waals surface area contributed by atoms with Gasteiger partial charge in [0.15, 0.2) is 0 Å². The van der Waals surface area contributed by atoms with Gasteiger partial charge in [-0.25, -0.2) is 13.4 Å². The molecule has 9 heteroatoms. The van der Waals surface area contributed by atoms with Crippen LogP contribution in [0.15, 0.2) is 52.1 Å². The molecule has 0 saturated carbocycles. The Morgan fingerprint density at radius 2 is 1.86 bits per heavy atom. The predicted molar refractivity (Wildman–Crippen MR) is 74.2 cm³/mol. The second-order valence-corrected chi connectivity index (χ2v) is 6.50. The minimum absolute atomic E-state index is 0.149. The number of sulfonamides is 1. The summed E-state index contributed by atoms with van der Waals surface area (Å²) in [5.41, 5.74) is -0.880. The van der Waals surface area contributed by atoms with Crippen LogP contribution in [0.4, 0.5) is 18.9 Å². The predicted octanol–water partition coefficient (Wildman–Crippen LogP) is 3.66. The zero-order chi connectivity index (χ0) is 15.7. The summed E-state index contributed by atoms with van der Waals surface area (Å²) in [6.45, 7) is 0. The van der Waals surface area contributed by atoms with Gasteiger partial charge in [-0.1, -0.05) is 6.07 Å². The van der Waals surface area contributed by atoms with Crippen molar-refractivity contribution in [2.75, 3.05) is 4.72 Å². The van der Waals surface area contributed by atoms with Crippen LogP contribution in [0.2, 0.25) is 0 Å². The maximum Gasteiger partial charge on any atom is 0.416 e. The van der Waals surface area contributed by atoms with Crippen molar-refractivity contribution in [2.24, 2.45) is 0 Å². The van der Waals surface area contributed by atoms with Gasteiger partial charge in [0.25, 0.3) is 10.0 Å². The van der Waals surface area contributed by atoms with E-state index in [1.165, 1.54) is 18.3 Å². The van der Waals surface area contributed by atoms with Gasteiger partial charge in [-0.3, -0.25) is 4.72 Å². The summed E-state index contributed by atoms with van der Waals surface area (Å²) < 4.78 is 64.6. The van der Waals surface area contributed by atoms with E-state index in [-0.39, 0.29) is 5.69 Å². The quantitative estimate of drug-likeness (QED) is 0.826. The molecule has 0 fully saturated rings. The Bertz CT molecular complexity index is 746. The monoisotopic (exact) mass is 380 g/mol. The molecule has 1 heterocycles. The number of halogens is 4. The van der Waals surface area contributed by atoms with Crippen LogP contribution >= 0.6 is 15.9 Å². The third-order valence-electron chi connectivity index (χ3n) is 2.45. The summed E-state index contributed by atoms with van der Waals surface area (Å²) >= 11 is 3.09. The molecule has 0 spiro atoms. The molecule has 4 nitrogen and oxygen atoms in total. The molecule has 0 aliphatic heterocycles. The van der Waals surface area contributed by atoms with Crippen molar-refractivity contribution in [3.05, 3.63) is 52.8 Å². The topological polar surface area (TPSA) is 59.1 Å². The molecule has 21 heavy (non-hydrogen) atoms. The number of rotatable bonds is 3. The standard InChI is InChI=1S/C12H8BrF3N2O2S/c13-11-5-4-9(7-17-11)18-21(19,20)10-3-1-2-8(6-10)12(14,15)16/h1-7,18H. The van der Waals surface area contributed by atoms with Gasteiger partial charge in [-0.05, 0) is 46.3 Å². The van der Waals surface area contributed by atoms with Gasteiger partial charge in [0.2, 0.25) is 0 Å². The molecule has 0 bridgehead atoms. The lowest BCUT2D eigenvalue weighted by molar-refractivity contribution is -0.137. The number of anilines is 1. The second-order valence-electron chi connectivity index (χ2n) is 4.00. The highest BCUT2D eigenvalue weighted by atomic mass is 79.9. The fourth-order valence-corrected chi connectivity index (χ4v) is 2.81. The maximum atomic E-state index is 12.6. The van der Waals surface area contributed by atoms with Crippen molar-refractivity contribution in [1.29, 1.82) is 0 Å². The Labute approximate surface area is 127 Å². The Hall–Kier alpha value is -1.61. The molecule has 1 aromatic heterocycles. The molecule has 0 aliphatic carbocycles. The molecule has 1 N–H and O–H groups in total. The zero-order valence-corrected chi connectivity index (χ0v) is 12.6. The van der Waals surface area contributed by atoms with E-state index in [9.17, 15) is 21.6 Å². The number of nitrogens with zero attached hydrogens (tertiary/aromatic N) is 1. The molecule has 0 atom stereocenters. The van der Waals surface area contributed by atoms with Gasteiger partial charge in [-0.2, -0.15) is 13.2 Å². The van der Waals surface area contributed by atoms with E-state index in [2.05, 4.69) is 25.6 Å². The Balaban J connectivity index is 2.34. The Morgan fingerprint density at radius 1 is 1.14 bits per heavy atom. The van der Waals surface area contributed by atoms with Crippen LogP contribution < -0.4 is 4.72 Å². The van der Waals surface area contributed by atoms with Crippen molar-refractivity contribution >= 4 is 31.6 Å². The lowest BCUT2D eigenvalue weighted by Crippen LogP contribution is -2.14. The number of hydrogen-bond donors (Lipinski definition) is 1. The summed E-state index contributed by atoms with van der Waals surface area (Å²) in [5.74, 6) is 0. The molecular formula is C12H8BrF3N2O2S. The summed E-state index contributed by atoms with van der Waals surface area (Å²) in [7, 11) is -4.11. The van der Waals surface area contributed by atoms with E-state index in [1.807, 2.05) is 0 Å². The fourth-order valence-electron chi connectivity index (χ4n) is 1.49. The molecule has 2 aromatic rings. The summed E-state index contributed by atoms with van der Waals surface area (Å²) in [6, 6.07) is 6.45. The van der Waals surface area contributed by atoms with Gasteiger partial charge in [0.1, 0.15) is 4.60 Å². The van der Waals surface area contributed by atoms with Gasteiger partial charge in [0.05, 0.1) is 22.3 Å². The van der Waals surface area contributed by atoms with Crippen LogP contribution in [-0.4, -0.2) is 13.4 Å². The maximum absolute atomic E-state index is 12.6. The number of alkyl halides is 3. The molecule has 2 rings (SSSR count). The first-order chi connectivity index (χ1) is 9.68. The van der Waals surface area contributed by atoms with Crippen LogP contribution in [0, 0.1) is 0 Å². The molecule has 0 unspecified atom stereocenters. The number of benzene rings is 1. The van der Waals surface area contributed by atoms with Crippen LogP contribution in [-0.2, 0) is 16.2 Å². The third-order valence-corrected chi connectivity index (χ3v) is 4.30. The highest BCUT2D eigenvalue weighted by molar-refractivity contribution is 9.10. The average molecular weight is 381 g/mol. The van der Waals surface area contributed by atoms with Gasteiger partial charge in [-0.15, -0.1) is 0 Å². The first kappa shape index (κ1) is 15.8. The summed E-state index contributed by atoms with van der Waals surface area (Å²) in [4.78, 5) is 3.35. The molecule has 112 valence electrons. The van der Waals surface area contributed by atoms with Crippen LogP contribution in [0.25, 0.3) is 0 Å². The van der Waals surface area contributed by atoms with Gasteiger partial charge in [0, 0.05) is 0 Å². The smallest absolute Gasteiger partial charge is 0.278 e. The van der Waals surface area contributed by atoms with Crippen molar-refractivity contribution in [1.82, 2.24) is 4.98 Å². The third kappa shape index (κ3) is 3.94. The summed E-state index contributed by atoms with van der Waals surface area (Å²) in [6.07, 6.45) is -3.36. The lowest BCUT2D eigenvalue weighted by Gasteiger charge is -2.10. The van der Waals surface area contributed by atoms with E-state index < -0.39 is 26.7 Å². The molecule has 1 aromatic carbocycles. The minimum Gasteiger partial charge on any atom is -0.278 e. The van der Waals surface area contributed by atoms with Gasteiger partial charge >= 0.3 is 6.18 Å². The van der Waals surface area contributed by atoms with E-state index >= 15 is 0 Å². The normalized spacial score (nSPS) is 12.2. The van der Waals surface area contributed by atoms with Crippen molar-refractivity contribution in [3.8, 4) is 0 Å². The molecule has 0 aliphatic rings. The first-order valence-corrected chi connectivity index (χ1v) is 7.78. The van der Waals surface area contributed by atoms with Crippen molar-refractivity contribution in [3.63, 3.8) is 0 Å². The fraction of sp³-hybridized carbons (Fsp3) is 0.0833. The highest BCUT2D eigenvalue weighted by Crippen LogP contribution is 2.30. The summed E-state index contributed by atoms with van der Waals surface area (Å²) in [5, 5.41) is 0. The molecule has 0 saturated heterocycles. The van der Waals surface area contributed by atoms with E-state index in [1.54, 1.807) is 0 Å². The van der Waals surface area contributed by atoms with Crippen molar-refractivity contribution < 1.29 is 21.6 Å². The second kappa shape index (κ2) is 5.64. The molecule has 0 amide bonds. The van der Waals surface area contributed by atoms with Crippen LogP contribution in [0.1, 0.15) is 5.56 Å². The van der Waals surface area contributed by atoms with E-state index in [0.717, 1.165) is 18.2 Å². The highest BCUT2D eigenvalue weighted by Gasteiger charge is 2.31. The Morgan fingerprint density at radius 3 is 2.43 bits per heavy atom. The van der Waals surface area contributed by atoms with Crippen LogP contribution in [0.3, 0.4) is 0 Å². The minimum atomic E-state index is -4.61. The lowest BCUT2D eigenvalue weighted by atomic mass is 10.2. The van der Waals surface area contributed by atoms with Crippen LogP contribution in [0.5, 0.6) is 0 Å². The Kier molecular flexibility index (Phi) is 4.24. The molecular weight excluding hydrogens is 373 g/mol. The first-order valence-electron chi connectivity index (χ1n) is 5.50. The largest absolute Gasteiger partial charge is 0.416 e. The molecule has 0 radical (unpaired) electrons.